The van der Waals surface area contributed by atoms with E-state index >= 15 is 0 Å². The largest absolute Gasteiger partial charge is 0.492 e. The van der Waals surface area contributed by atoms with Crippen molar-refractivity contribution in [1.29, 1.82) is 0 Å². The fourth-order valence-corrected chi connectivity index (χ4v) is 4.81. The number of carbonyl (C=O) groups excluding carboxylic acids is 2. The molecule has 8 heteroatoms. The Labute approximate surface area is 199 Å². The highest BCUT2D eigenvalue weighted by molar-refractivity contribution is 5.97. The van der Waals surface area contributed by atoms with Crippen LogP contribution in [-0.2, 0) is 19.7 Å². The lowest BCUT2D eigenvalue weighted by Crippen LogP contribution is -2.44. The van der Waals surface area contributed by atoms with Crippen LogP contribution in [0.1, 0.15) is 70.4 Å². The van der Waals surface area contributed by atoms with E-state index in [0.717, 1.165) is 41.9 Å². The number of aromatic nitrogens is 2. The number of aryl methyl sites for hydroxylation is 1. The zero-order valence-corrected chi connectivity index (χ0v) is 20.2. The third-order valence-electron chi connectivity index (χ3n) is 6.97. The smallest absolute Gasteiger partial charge is 0.307 e. The van der Waals surface area contributed by atoms with E-state index in [1.165, 1.54) is 12.4 Å². The van der Waals surface area contributed by atoms with Crippen molar-refractivity contribution >= 4 is 17.7 Å². The summed E-state index contributed by atoms with van der Waals surface area (Å²) in [4.78, 5) is 34.0. The van der Waals surface area contributed by atoms with Crippen LogP contribution < -0.4 is 14.8 Å². The van der Waals surface area contributed by atoms with Crippen LogP contribution in [0.5, 0.6) is 17.4 Å². The predicted molar refractivity (Wildman–Crippen MR) is 125 cm³/mol. The van der Waals surface area contributed by atoms with Gasteiger partial charge in [0.2, 0.25) is 11.8 Å². The second-order valence-electron chi connectivity index (χ2n) is 10.8. The average molecular weight is 466 g/mol. The number of benzene rings is 1. The molecule has 1 aliphatic heterocycles. The maximum atomic E-state index is 13.0. The predicted octanol–water partition coefficient (Wildman–Crippen LogP) is 4.84. The third kappa shape index (κ3) is 4.21. The van der Waals surface area contributed by atoms with Gasteiger partial charge in [-0.1, -0.05) is 12.5 Å². The van der Waals surface area contributed by atoms with Gasteiger partial charge in [-0.25, -0.2) is 9.97 Å². The number of carbonyl (C=O) groups is 2. The molecule has 2 fully saturated rings. The Morgan fingerprint density at radius 3 is 2.47 bits per heavy atom. The van der Waals surface area contributed by atoms with E-state index in [1.807, 2.05) is 39.8 Å². The SMILES string of the molecule is Cc1ccc(Oc2cnc(NC(=O)C3(CC(=O)OC(C)(C)C)CCC3)cn2)c2c1OCC21CC1. The number of hydrogen-bond donors (Lipinski definition) is 1. The summed E-state index contributed by atoms with van der Waals surface area (Å²) < 4.78 is 17.5. The fourth-order valence-electron chi connectivity index (χ4n) is 4.81. The molecule has 0 unspecified atom stereocenters. The van der Waals surface area contributed by atoms with Crippen molar-refractivity contribution in [2.45, 2.75) is 77.2 Å². The summed E-state index contributed by atoms with van der Waals surface area (Å²) >= 11 is 0. The molecule has 5 rings (SSSR count). The summed E-state index contributed by atoms with van der Waals surface area (Å²) in [5, 5.41) is 2.82. The number of esters is 1. The molecule has 2 heterocycles. The van der Waals surface area contributed by atoms with E-state index < -0.39 is 11.0 Å². The van der Waals surface area contributed by atoms with E-state index in [-0.39, 0.29) is 23.7 Å². The van der Waals surface area contributed by atoms with Crippen LogP contribution in [0.3, 0.4) is 0 Å². The summed E-state index contributed by atoms with van der Waals surface area (Å²) in [6.45, 7) is 8.20. The Morgan fingerprint density at radius 2 is 1.88 bits per heavy atom. The van der Waals surface area contributed by atoms with Crippen molar-refractivity contribution < 1.29 is 23.8 Å². The highest BCUT2D eigenvalue weighted by Gasteiger charge is 2.53. The van der Waals surface area contributed by atoms with Gasteiger partial charge in [-0.2, -0.15) is 0 Å². The van der Waals surface area contributed by atoms with Gasteiger partial charge in [0.1, 0.15) is 17.1 Å². The van der Waals surface area contributed by atoms with Crippen LogP contribution in [0.15, 0.2) is 24.5 Å². The lowest BCUT2D eigenvalue weighted by atomic mass is 9.66. The van der Waals surface area contributed by atoms with Gasteiger partial charge in [0.05, 0.1) is 30.8 Å². The molecule has 180 valence electrons. The standard InChI is InChI=1S/C26H31N3O5/c1-16-6-7-17(21-22(16)32-15-26(21)10-11-26)33-19-14-27-18(13-28-19)29-23(31)25(8-5-9-25)12-20(30)34-24(2,3)4/h6-7,13-14H,5,8-12,15H2,1-4H3,(H,27,29,31). The summed E-state index contributed by atoms with van der Waals surface area (Å²) in [6.07, 6.45) is 7.43. The summed E-state index contributed by atoms with van der Waals surface area (Å²) in [7, 11) is 0. The molecule has 2 aliphatic carbocycles. The number of ether oxygens (including phenoxy) is 3. The van der Waals surface area contributed by atoms with Crippen LogP contribution in [0, 0.1) is 12.3 Å². The first-order chi connectivity index (χ1) is 16.1. The van der Waals surface area contributed by atoms with Gasteiger partial charge >= 0.3 is 5.97 Å². The Bertz CT molecular complexity index is 1130. The zero-order valence-electron chi connectivity index (χ0n) is 20.2. The molecule has 1 spiro atoms. The minimum atomic E-state index is -0.750. The minimum absolute atomic E-state index is 0.0626. The fraction of sp³-hybridized carbons (Fsp3) is 0.538. The topological polar surface area (TPSA) is 99.6 Å². The lowest BCUT2D eigenvalue weighted by molar-refractivity contribution is -0.162. The third-order valence-corrected chi connectivity index (χ3v) is 6.97. The molecule has 1 N–H and O–H groups in total. The average Bonchev–Trinajstić information content (AvgIpc) is 3.40. The number of anilines is 1. The molecule has 8 nitrogen and oxygen atoms in total. The molecular weight excluding hydrogens is 434 g/mol. The van der Waals surface area contributed by atoms with Crippen LogP contribution in [0.4, 0.5) is 5.82 Å². The first-order valence-corrected chi connectivity index (χ1v) is 11.9. The first kappa shape index (κ1) is 22.6. The van der Waals surface area contributed by atoms with Gasteiger partial charge in [0.25, 0.3) is 0 Å². The highest BCUT2D eigenvalue weighted by atomic mass is 16.6. The van der Waals surface area contributed by atoms with E-state index in [9.17, 15) is 9.59 Å². The summed E-state index contributed by atoms with van der Waals surface area (Å²) in [5.74, 6) is 1.75. The molecule has 0 saturated heterocycles. The molecule has 0 bridgehead atoms. The molecular formula is C26H31N3O5. The van der Waals surface area contributed by atoms with E-state index in [0.29, 0.717) is 31.1 Å². The van der Waals surface area contributed by atoms with Crippen molar-refractivity contribution in [3.05, 3.63) is 35.7 Å². The molecule has 1 amide bonds. The van der Waals surface area contributed by atoms with Gasteiger partial charge in [-0.15, -0.1) is 0 Å². The number of hydrogen-bond acceptors (Lipinski definition) is 7. The quantitative estimate of drug-likeness (QED) is 0.609. The number of nitrogens with zero attached hydrogens (tertiary/aromatic N) is 2. The van der Waals surface area contributed by atoms with Gasteiger partial charge < -0.3 is 19.5 Å². The lowest BCUT2D eigenvalue weighted by Gasteiger charge is -2.39. The molecule has 0 radical (unpaired) electrons. The van der Waals surface area contributed by atoms with Gasteiger partial charge in [0.15, 0.2) is 5.82 Å². The molecule has 0 atom stereocenters. The first-order valence-electron chi connectivity index (χ1n) is 11.9. The van der Waals surface area contributed by atoms with Gasteiger partial charge in [0, 0.05) is 11.0 Å². The second kappa shape index (κ2) is 7.96. The second-order valence-corrected chi connectivity index (χ2v) is 10.8. The number of amides is 1. The highest BCUT2D eigenvalue weighted by Crippen LogP contribution is 2.59. The summed E-state index contributed by atoms with van der Waals surface area (Å²) in [5.41, 5.74) is 0.971. The number of fused-ring (bicyclic) bond motifs is 2. The Hall–Kier alpha value is -3.16. The normalized spacial score (nSPS) is 18.9. The molecule has 1 aromatic carbocycles. The summed E-state index contributed by atoms with van der Waals surface area (Å²) in [6, 6.07) is 3.94. The van der Waals surface area contributed by atoms with Crippen molar-refractivity contribution in [1.82, 2.24) is 9.97 Å². The maximum Gasteiger partial charge on any atom is 0.307 e. The van der Waals surface area contributed by atoms with Gasteiger partial charge in [-0.3, -0.25) is 9.59 Å². The van der Waals surface area contributed by atoms with E-state index in [2.05, 4.69) is 15.3 Å². The van der Waals surface area contributed by atoms with Crippen molar-refractivity contribution in [3.63, 3.8) is 0 Å². The van der Waals surface area contributed by atoms with E-state index in [4.69, 9.17) is 14.2 Å². The molecule has 3 aliphatic rings. The number of rotatable bonds is 6. The van der Waals surface area contributed by atoms with Crippen LogP contribution in [0.25, 0.3) is 0 Å². The number of nitrogens with one attached hydrogen (secondary N) is 1. The zero-order chi connectivity index (χ0) is 24.1. The van der Waals surface area contributed by atoms with Gasteiger partial charge in [-0.05, 0) is 65.0 Å². The van der Waals surface area contributed by atoms with Crippen LogP contribution >= 0.6 is 0 Å². The molecule has 1 aromatic heterocycles. The van der Waals surface area contributed by atoms with E-state index in [1.54, 1.807) is 0 Å². The molecule has 2 saturated carbocycles. The monoisotopic (exact) mass is 465 g/mol. The van der Waals surface area contributed by atoms with Crippen LogP contribution in [0.2, 0.25) is 0 Å². The molecule has 2 aromatic rings. The van der Waals surface area contributed by atoms with Crippen molar-refractivity contribution in [2.75, 3.05) is 11.9 Å². The van der Waals surface area contributed by atoms with Crippen LogP contribution in [-0.4, -0.2) is 34.1 Å². The molecule has 34 heavy (non-hydrogen) atoms. The Kier molecular flexibility index (Phi) is 5.30. The Morgan fingerprint density at radius 1 is 1.12 bits per heavy atom. The van der Waals surface area contributed by atoms with Crippen molar-refractivity contribution in [3.8, 4) is 17.4 Å². The Balaban J connectivity index is 1.25. The maximum absolute atomic E-state index is 13.0. The van der Waals surface area contributed by atoms with Crippen molar-refractivity contribution in [2.24, 2.45) is 5.41 Å². The minimum Gasteiger partial charge on any atom is -0.492 e.